The molecular formula is C8H4ClFN2O. The fourth-order valence-electron chi connectivity index (χ4n) is 1.13. The van der Waals surface area contributed by atoms with Gasteiger partial charge < -0.3 is 0 Å². The standard InChI is InChI=1S/C8H4ClFN2O/c9-8-6-3-5(10)1-2-12(6)7(4-13)11-8/h1-4H. The predicted molar refractivity (Wildman–Crippen MR) is 45.5 cm³/mol. The quantitative estimate of drug-likeness (QED) is 0.657. The number of nitrogens with zero attached hydrogens (tertiary/aromatic N) is 2. The Kier molecular flexibility index (Phi) is 1.77. The van der Waals surface area contributed by atoms with Gasteiger partial charge in [-0.05, 0) is 6.07 Å². The van der Waals surface area contributed by atoms with Crippen LogP contribution < -0.4 is 0 Å². The number of hydrogen-bond donors (Lipinski definition) is 0. The smallest absolute Gasteiger partial charge is 0.186 e. The Morgan fingerprint density at radius 2 is 2.38 bits per heavy atom. The van der Waals surface area contributed by atoms with Crippen LogP contribution in [0.4, 0.5) is 4.39 Å². The minimum absolute atomic E-state index is 0.126. The first-order valence-electron chi connectivity index (χ1n) is 3.50. The molecule has 0 amide bonds. The highest BCUT2D eigenvalue weighted by atomic mass is 35.5. The largest absolute Gasteiger partial charge is 0.296 e. The highest BCUT2D eigenvalue weighted by Gasteiger charge is 2.08. The number of aromatic nitrogens is 2. The van der Waals surface area contributed by atoms with Crippen molar-refractivity contribution < 1.29 is 9.18 Å². The lowest BCUT2D eigenvalue weighted by Crippen LogP contribution is -1.91. The Labute approximate surface area is 77.8 Å². The van der Waals surface area contributed by atoms with Gasteiger partial charge in [0.05, 0.1) is 5.52 Å². The van der Waals surface area contributed by atoms with Gasteiger partial charge in [-0.1, -0.05) is 11.6 Å². The molecule has 0 aliphatic carbocycles. The highest BCUT2D eigenvalue weighted by molar-refractivity contribution is 6.32. The zero-order valence-electron chi connectivity index (χ0n) is 6.37. The van der Waals surface area contributed by atoms with Crippen LogP contribution in [0.15, 0.2) is 18.3 Å². The Morgan fingerprint density at radius 1 is 1.62 bits per heavy atom. The number of carbonyl (C=O) groups is 1. The summed E-state index contributed by atoms with van der Waals surface area (Å²) in [6.45, 7) is 0. The monoisotopic (exact) mass is 198 g/mol. The van der Waals surface area contributed by atoms with E-state index in [2.05, 4.69) is 4.98 Å². The van der Waals surface area contributed by atoms with Crippen molar-refractivity contribution in [2.75, 3.05) is 0 Å². The molecule has 0 N–H and O–H groups in total. The number of aldehydes is 1. The van der Waals surface area contributed by atoms with Crippen molar-refractivity contribution in [3.05, 3.63) is 35.1 Å². The van der Waals surface area contributed by atoms with Gasteiger partial charge in [0.1, 0.15) is 5.82 Å². The molecule has 0 aromatic carbocycles. The van der Waals surface area contributed by atoms with Gasteiger partial charge in [-0.15, -0.1) is 0 Å². The lowest BCUT2D eigenvalue weighted by atomic mass is 10.4. The average molecular weight is 199 g/mol. The van der Waals surface area contributed by atoms with E-state index < -0.39 is 5.82 Å². The van der Waals surface area contributed by atoms with Crippen molar-refractivity contribution in [2.24, 2.45) is 0 Å². The van der Waals surface area contributed by atoms with E-state index >= 15 is 0 Å². The summed E-state index contributed by atoms with van der Waals surface area (Å²) in [6, 6.07) is 2.46. The van der Waals surface area contributed by atoms with Gasteiger partial charge >= 0.3 is 0 Å². The molecule has 66 valence electrons. The molecule has 2 heterocycles. The Hall–Kier alpha value is -1.42. The lowest BCUT2D eigenvalue weighted by Gasteiger charge is -1.93. The lowest BCUT2D eigenvalue weighted by molar-refractivity contribution is 0.111. The molecule has 0 saturated carbocycles. The minimum Gasteiger partial charge on any atom is -0.296 e. The van der Waals surface area contributed by atoms with Gasteiger partial charge in [0.15, 0.2) is 17.3 Å². The number of imidazole rings is 1. The number of halogens is 2. The minimum atomic E-state index is -0.410. The van der Waals surface area contributed by atoms with Crippen molar-refractivity contribution in [3.8, 4) is 0 Å². The van der Waals surface area contributed by atoms with Crippen molar-refractivity contribution in [2.45, 2.75) is 0 Å². The molecule has 3 nitrogen and oxygen atoms in total. The van der Waals surface area contributed by atoms with E-state index in [1.165, 1.54) is 22.7 Å². The number of hydrogen-bond acceptors (Lipinski definition) is 2. The molecule has 0 saturated heterocycles. The summed E-state index contributed by atoms with van der Waals surface area (Å²) in [5.74, 6) is -0.244. The Morgan fingerprint density at radius 3 is 3.08 bits per heavy atom. The topological polar surface area (TPSA) is 34.4 Å². The molecule has 0 atom stereocenters. The predicted octanol–water partition coefficient (Wildman–Crippen LogP) is 1.94. The van der Waals surface area contributed by atoms with E-state index in [-0.39, 0.29) is 11.0 Å². The van der Waals surface area contributed by atoms with Crippen LogP contribution in [-0.4, -0.2) is 15.7 Å². The van der Waals surface area contributed by atoms with Crippen LogP contribution in [0.1, 0.15) is 10.6 Å². The number of rotatable bonds is 1. The molecule has 0 unspecified atom stereocenters. The summed E-state index contributed by atoms with van der Waals surface area (Å²) < 4.78 is 14.2. The average Bonchev–Trinajstić information content (AvgIpc) is 2.43. The zero-order chi connectivity index (χ0) is 9.42. The molecule has 2 aromatic rings. The second-order valence-corrected chi connectivity index (χ2v) is 2.84. The molecule has 0 fully saturated rings. The molecule has 0 aliphatic rings. The van der Waals surface area contributed by atoms with Gasteiger partial charge in [-0.3, -0.25) is 9.20 Å². The van der Waals surface area contributed by atoms with Gasteiger partial charge in [0.25, 0.3) is 0 Å². The zero-order valence-corrected chi connectivity index (χ0v) is 7.12. The van der Waals surface area contributed by atoms with Gasteiger partial charge in [-0.2, -0.15) is 0 Å². The maximum Gasteiger partial charge on any atom is 0.186 e. The molecular weight excluding hydrogens is 195 g/mol. The molecule has 5 heteroatoms. The summed E-state index contributed by atoms with van der Waals surface area (Å²) in [6.07, 6.45) is 1.98. The number of pyridine rings is 1. The maximum atomic E-state index is 12.7. The van der Waals surface area contributed by atoms with Crippen molar-refractivity contribution >= 4 is 23.4 Å². The third-order valence-corrected chi connectivity index (χ3v) is 1.97. The van der Waals surface area contributed by atoms with Crippen molar-refractivity contribution in [1.82, 2.24) is 9.38 Å². The van der Waals surface area contributed by atoms with Crippen LogP contribution in [0.3, 0.4) is 0 Å². The number of fused-ring (bicyclic) bond motifs is 1. The molecule has 0 radical (unpaired) electrons. The second-order valence-electron chi connectivity index (χ2n) is 2.48. The van der Waals surface area contributed by atoms with E-state index in [0.717, 1.165) is 0 Å². The van der Waals surface area contributed by atoms with Gasteiger partial charge in [-0.25, -0.2) is 9.37 Å². The fraction of sp³-hybridized carbons (Fsp3) is 0. The summed E-state index contributed by atoms with van der Waals surface area (Å²) in [5, 5.41) is 0.126. The summed E-state index contributed by atoms with van der Waals surface area (Å²) in [5.41, 5.74) is 0.392. The first-order chi connectivity index (χ1) is 6.22. The van der Waals surface area contributed by atoms with Crippen LogP contribution in [0, 0.1) is 5.82 Å². The van der Waals surface area contributed by atoms with Crippen molar-refractivity contribution in [3.63, 3.8) is 0 Å². The summed E-state index contributed by atoms with van der Waals surface area (Å²) in [7, 11) is 0. The van der Waals surface area contributed by atoms with Gasteiger partial charge in [0, 0.05) is 12.3 Å². The SMILES string of the molecule is O=Cc1nc(Cl)c2cc(F)ccn12. The van der Waals surface area contributed by atoms with E-state index in [1.54, 1.807) is 0 Å². The molecule has 13 heavy (non-hydrogen) atoms. The third-order valence-electron chi connectivity index (χ3n) is 1.69. The molecule has 0 aliphatic heterocycles. The van der Waals surface area contributed by atoms with E-state index in [0.29, 0.717) is 11.8 Å². The highest BCUT2D eigenvalue weighted by Crippen LogP contribution is 2.17. The number of carbonyl (C=O) groups excluding carboxylic acids is 1. The maximum absolute atomic E-state index is 12.7. The van der Waals surface area contributed by atoms with Gasteiger partial charge in [0.2, 0.25) is 0 Å². The van der Waals surface area contributed by atoms with Crippen LogP contribution in [0.25, 0.3) is 5.52 Å². The van der Waals surface area contributed by atoms with E-state index in [9.17, 15) is 9.18 Å². The first-order valence-corrected chi connectivity index (χ1v) is 3.88. The fourth-order valence-corrected chi connectivity index (χ4v) is 1.36. The summed E-state index contributed by atoms with van der Waals surface area (Å²) >= 11 is 5.67. The van der Waals surface area contributed by atoms with Crippen LogP contribution in [-0.2, 0) is 0 Å². The van der Waals surface area contributed by atoms with Crippen molar-refractivity contribution in [1.29, 1.82) is 0 Å². The Bertz CT molecular complexity index is 480. The van der Waals surface area contributed by atoms with E-state index in [1.807, 2.05) is 0 Å². The van der Waals surface area contributed by atoms with E-state index in [4.69, 9.17) is 11.6 Å². The third kappa shape index (κ3) is 1.19. The Balaban J connectivity index is 2.88. The second kappa shape index (κ2) is 2.81. The molecule has 2 rings (SSSR count). The normalized spacial score (nSPS) is 10.6. The molecule has 0 bridgehead atoms. The molecule has 2 aromatic heterocycles. The first kappa shape index (κ1) is 8.19. The van der Waals surface area contributed by atoms with Crippen LogP contribution in [0.5, 0.6) is 0 Å². The molecule has 0 spiro atoms. The summed E-state index contributed by atoms with van der Waals surface area (Å²) in [4.78, 5) is 14.2. The van der Waals surface area contributed by atoms with Crippen LogP contribution in [0.2, 0.25) is 5.15 Å². The van der Waals surface area contributed by atoms with Crippen LogP contribution >= 0.6 is 11.6 Å².